The first-order valence-corrected chi connectivity index (χ1v) is 9.47. The molecule has 0 unspecified atom stereocenters. The number of aromatic nitrogens is 2. The van der Waals surface area contributed by atoms with Crippen LogP contribution in [0.2, 0.25) is 0 Å². The number of rotatable bonds is 3. The van der Waals surface area contributed by atoms with Gasteiger partial charge in [-0.2, -0.15) is 0 Å². The number of carbonyl (C=O) groups is 1. The summed E-state index contributed by atoms with van der Waals surface area (Å²) in [5, 5.41) is 0. The summed E-state index contributed by atoms with van der Waals surface area (Å²) in [6, 6.07) is 9.65. The van der Waals surface area contributed by atoms with Crippen LogP contribution in [-0.2, 0) is 21.4 Å². The third-order valence-corrected chi connectivity index (χ3v) is 5.81. The largest absolute Gasteiger partial charge is 0.378 e. The Bertz CT molecular complexity index is 944. The molecule has 5 rings (SSSR count). The molecule has 7 heteroatoms. The first-order chi connectivity index (χ1) is 13.1. The van der Waals surface area contributed by atoms with Crippen molar-refractivity contribution in [3.8, 4) is 0 Å². The minimum absolute atomic E-state index is 0.0199. The molecule has 1 saturated heterocycles. The Morgan fingerprint density at radius 2 is 2.00 bits per heavy atom. The minimum atomic E-state index is -0.227. The summed E-state index contributed by atoms with van der Waals surface area (Å²) >= 11 is 0. The Hall–Kier alpha value is -2.67. The van der Waals surface area contributed by atoms with Gasteiger partial charge >= 0.3 is 0 Å². The van der Waals surface area contributed by atoms with E-state index in [1.807, 2.05) is 28.0 Å². The topological polar surface area (TPSA) is 78.5 Å². The number of benzene rings is 1. The fraction of sp³-hybridized carbons (Fsp3) is 0.450. The number of ether oxygens (including phenoxy) is 1. The Balaban J connectivity index is 1.39. The zero-order valence-corrected chi connectivity index (χ0v) is 15.1. The van der Waals surface area contributed by atoms with E-state index in [1.54, 1.807) is 0 Å². The van der Waals surface area contributed by atoms with Crippen molar-refractivity contribution in [3.63, 3.8) is 0 Å². The van der Waals surface area contributed by atoms with Gasteiger partial charge in [0.05, 0.1) is 19.6 Å². The van der Waals surface area contributed by atoms with Crippen LogP contribution in [0, 0.1) is 0 Å². The Morgan fingerprint density at radius 3 is 2.78 bits per heavy atom. The number of aromatic amines is 1. The maximum Gasteiger partial charge on any atom is 0.252 e. The number of anilines is 2. The number of nitrogens with zero attached hydrogens (tertiary/aromatic N) is 3. The van der Waals surface area contributed by atoms with Crippen LogP contribution in [0.15, 0.2) is 35.1 Å². The molecule has 1 saturated carbocycles. The smallest absolute Gasteiger partial charge is 0.252 e. The Morgan fingerprint density at radius 1 is 1.22 bits per heavy atom. The van der Waals surface area contributed by atoms with Crippen LogP contribution >= 0.6 is 0 Å². The van der Waals surface area contributed by atoms with Crippen LogP contribution in [0.3, 0.4) is 0 Å². The number of carbonyl (C=O) groups excluding carboxylic acids is 1. The summed E-state index contributed by atoms with van der Waals surface area (Å²) in [4.78, 5) is 36.3. The first kappa shape index (κ1) is 16.5. The SMILES string of the molecule is O=C(Cc1nc(N2CCOCC2)cc(=O)[nH]1)N1CC2(CC2)c2ccccc21. The average Bonchev–Trinajstić information content (AvgIpc) is 3.39. The minimum Gasteiger partial charge on any atom is -0.378 e. The van der Waals surface area contributed by atoms with E-state index < -0.39 is 0 Å². The molecular weight excluding hydrogens is 344 g/mol. The number of fused-ring (bicyclic) bond motifs is 2. The molecule has 2 aromatic rings. The monoisotopic (exact) mass is 366 g/mol. The molecule has 1 aromatic heterocycles. The zero-order valence-electron chi connectivity index (χ0n) is 15.1. The van der Waals surface area contributed by atoms with E-state index in [1.165, 1.54) is 11.6 Å². The highest BCUT2D eigenvalue weighted by molar-refractivity contribution is 5.97. The van der Waals surface area contributed by atoms with Crippen LogP contribution < -0.4 is 15.4 Å². The van der Waals surface area contributed by atoms with Gasteiger partial charge < -0.3 is 19.5 Å². The second-order valence-corrected chi connectivity index (χ2v) is 7.60. The average molecular weight is 366 g/mol. The summed E-state index contributed by atoms with van der Waals surface area (Å²) in [6.07, 6.45) is 2.36. The van der Waals surface area contributed by atoms with Crippen LogP contribution in [0.4, 0.5) is 11.5 Å². The molecule has 1 spiro atoms. The van der Waals surface area contributed by atoms with Gasteiger partial charge in [-0.3, -0.25) is 9.59 Å². The van der Waals surface area contributed by atoms with E-state index in [9.17, 15) is 9.59 Å². The lowest BCUT2D eigenvalue weighted by atomic mass is 9.99. The number of nitrogens with one attached hydrogen (secondary N) is 1. The molecule has 0 atom stereocenters. The molecule has 140 valence electrons. The fourth-order valence-electron chi connectivity index (χ4n) is 4.20. The second-order valence-electron chi connectivity index (χ2n) is 7.60. The maximum absolute atomic E-state index is 13.0. The van der Waals surface area contributed by atoms with E-state index in [2.05, 4.69) is 16.0 Å². The van der Waals surface area contributed by atoms with Crippen molar-refractivity contribution in [1.29, 1.82) is 0 Å². The van der Waals surface area contributed by atoms with E-state index in [-0.39, 0.29) is 23.3 Å². The number of hydrogen-bond donors (Lipinski definition) is 1. The second kappa shape index (κ2) is 6.20. The van der Waals surface area contributed by atoms with E-state index in [0.29, 0.717) is 37.9 Å². The zero-order chi connectivity index (χ0) is 18.4. The molecule has 1 aromatic carbocycles. The summed E-state index contributed by atoms with van der Waals surface area (Å²) in [6.45, 7) is 3.38. The molecule has 1 N–H and O–H groups in total. The molecular formula is C20H22N4O3. The Labute approximate surface area is 157 Å². The van der Waals surface area contributed by atoms with E-state index >= 15 is 0 Å². The lowest BCUT2D eigenvalue weighted by Gasteiger charge is -2.27. The lowest BCUT2D eigenvalue weighted by molar-refractivity contribution is -0.118. The van der Waals surface area contributed by atoms with Gasteiger partial charge in [0.25, 0.3) is 5.56 Å². The number of amides is 1. The predicted octanol–water partition coefficient (Wildman–Crippen LogP) is 1.23. The van der Waals surface area contributed by atoms with Crippen LogP contribution in [0.5, 0.6) is 0 Å². The molecule has 27 heavy (non-hydrogen) atoms. The van der Waals surface area contributed by atoms with Crippen molar-refractivity contribution in [3.05, 3.63) is 52.1 Å². The number of para-hydroxylation sites is 1. The van der Waals surface area contributed by atoms with Crippen molar-refractivity contribution >= 4 is 17.4 Å². The van der Waals surface area contributed by atoms with Crippen molar-refractivity contribution in [1.82, 2.24) is 9.97 Å². The standard InChI is InChI=1S/C20H22N4O3/c25-18-12-17(23-7-9-27-10-8-23)21-16(22-18)11-19(26)24-13-20(5-6-20)14-3-1-2-4-15(14)24/h1-4,12H,5-11,13H2,(H,21,22,25). The molecule has 3 aliphatic rings. The molecule has 0 bridgehead atoms. The van der Waals surface area contributed by atoms with Gasteiger partial charge in [0.15, 0.2) is 0 Å². The van der Waals surface area contributed by atoms with Crippen LogP contribution in [-0.4, -0.2) is 48.7 Å². The van der Waals surface area contributed by atoms with Gasteiger partial charge in [0.2, 0.25) is 5.91 Å². The van der Waals surface area contributed by atoms with Gasteiger partial charge in [0, 0.05) is 36.8 Å². The molecule has 1 amide bonds. The molecule has 7 nitrogen and oxygen atoms in total. The molecule has 1 aliphatic carbocycles. The predicted molar refractivity (Wildman–Crippen MR) is 101 cm³/mol. The molecule has 3 heterocycles. The highest BCUT2D eigenvalue weighted by Gasteiger charge is 2.52. The van der Waals surface area contributed by atoms with Gasteiger partial charge in [-0.05, 0) is 24.5 Å². The number of H-pyrrole nitrogens is 1. The number of hydrogen-bond acceptors (Lipinski definition) is 5. The summed E-state index contributed by atoms with van der Waals surface area (Å²) in [7, 11) is 0. The van der Waals surface area contributed by atoms with E-state index in [4.69, 9.17) is 4.74 Å². The van der Waals surface area contributed by atoms with Gasteiger partial charge in [-0.25, -0.2) is 4.98 Å². The van der Waals surface area contributed by atoms with Crippen LogP contribution in [0.1, 0.15) is 24.2 Å². The first-order valence-electron chi connectivity index (χ1n) is 9.47. The van der Waals surface area contributed by atoms with E-state index in [0.717, 1.165) is 25.1 Å². The van der Waals surface area contributed by atoms with Crippen molar-refractivity contribution in [2.45, 2.75) is 24.7 Å². The van der Waals surface area contributed by atoms with Gasteiger partial charge in [-0.1, -0.05) is 18.2 Å². The lowest BCUT2D eigenvalue weighted by Crippen LogP contribution is -2.38. The van der Waals surface area contributed by atoms with Crippen LogP contribution in [0.25, 0.3) is 0 Å². The fourth-order valence-corrected chi connectivity index (χ4v) is 4.20. The third-order valence-electron chi connectivity index (χ3n) is 5.81. The highest BCUT2D eigenvalue weighted by atomic mass is 16.5. The molecule has 2 aliphatic heterocycles. The van der Waals surface area contributed by atoms with Gasteiger partial charge in [0.1, 0.15) is 11.6 Å². The quantitative estimate of drug-likeness (QED) is 0.884. The Kier molecular flexibility index (Phi) is 3.79. The van der Waals surface area contributed by atoms with Crippen molar-refractivity contribution in [2.75, 3.05) is 42.6 Å². The normalized spacial score (nSPS) is 20.0. The molecule has 2 fully saturated rings. The highest BCUT2D eigenvalue weighted by Crippen LogP contribution is 2.56. The van der Waals surface area contributed by atoms with Gasteiger partial charge in [-0.15, -0.1) is 0 Å². The van der Waals surface area contributed by atoms with Crippen molar-refractivity contribution in [2.24, 2.45) is 0 Å². The summed E-state index contributed by atoms with van der Waals surface area (Å²) < 4.78 is 5.36. The summed E-state index contributed by atoms with van der Waals surface area (Å²) in [5.74, 6) is 1.02. The maximum atomic E-state index is 13.0. The molecule has 0 radical (unpaired) electrons. The van der Waals surface area contributed by atoms with Crippen molar-refractivity contribution < 1.29 is 9.53 Å². The number of morpholine rings is 1. The summed E-state index contributed by atoms with van der Waals surface area (Å²) in [5.41, 5.74) is 2.21. The third kappa shape index (κ3) is 2.92.